The zero-order chi connectivity index (χ0) is 64.1. The fourth-order valence-electron chi connectivity index (χ4n) is 18.2. The van der Waals surface area contributed by atoms with E-state index in [4.69, 9.17) is 86.2 Å². The van der Waals surface area contributed by atoms with Crippen LogP contribution in [-0.4, -0.2) is 139 Å². The van der Waals surface area contributed by atoms with Crippen LogP contribution in [0, 0.1) is 70.5 Å². The second kappa shape index (κ2) is 24.8. The molecule has 506 valence electrons. The zero-order valence-electron chi connectivity index (χ0n) is 54.5. The standard InChI is InChI=1S/C65H97NO24/c1-34(2)66-62(31-73-46(67)17-20-49(70)76-52-38(6)44-15-13-35(3)41-24-28-59(10)82-55(79-52)63(41,44)88-85-59,32-74-47(68)18-21-50(71)77-53-39(7)45-16-14-36(4)42-25-29-60(11)83-56(80-53)64(42,45)89-86-60)33-75-48(69)19-22-51(72)78-54-40(8)58(9)27-23-37(5)43-26-30-61(12)84-57(81-54)65(43,58)90-87-61/h34-45,52-57,66H,13-33H2,1-12H3/t35-,36-,37-,38-,39-,40+,41+,42+,43+,44+,45+,52-,53-,54-,55-,56-,57-,58+,59+,60+,61+,63-,64-,65+/m1/s1. The van der Waals surface area contributed by atoms with Gasteiger partial charge in [0.15, 0.2) is 35.7 Å². The molecule has 0 unspecified atom stereocenters. The number of carbonyl (C=O) groups excluding carboxylic acids is 6. The summed E-state index contributed by atoms with van der Waals surface area (Å²) in [5, 5.41) is 3.27. The Balaban J connectivity index is 0.675. The molecule has 0 amide bonds. The van der Waals surface area contributed by atoms with Gasteiger partial charge in [0.2, 0.25) is 36.2 Å². The molecule has 15 aliphatic rings. The zero-order valence-corrected chi connectivity index (χ0v) is 54.5. The molecule has 0 aromatic carbocycles. The van der Waals surface area contributed by atoms with Crippen LogP contribution in [0.25, 0.3) is 0 Å². The molecule has 12 saturated heterocycles. The van der Waals surface area contributed by atoms with Crippen molar-refractivity contribution in [3.8, 4) is 0 Å². The van der Waals surface area contributed by atoms with Gasteiger partial charge in [0, 0.05) is 60.3 Å². The van der Waals surface area contributed by atoms with Crippen LogP contribution >= 0.6 is 0 Å². The summed E-state index contributed by atoms with van der Waals surface area (Å²) < 4.78 is 74.0. The van der Waals surface area contributed by atoms with Crippen molar-refractivity contribution in [3.05, 3.63) is 0 Å². The normalized spacial score (nSPS) is 46.2. The highest BCUT2D eigenvalue weighted by Crippen LogP contribution is 2.67. The Morgan fingerprint density at radius 3 is 1.26 bits per heavy atom. The predicted octanol–water partition coefficient (Wildman–Crippen LogP) is 8.34. The Morgan fingerprint density at radius 1 is 0.433 bits per heavy atom. The molecular formula is C65H97NO24. The van der Waals surface area contributed by atoms with Crippen molar-refractivity contribution in [1.29, 1.82) is 0 Å². The number of rotatable bonds is 20. The maximum atomic E-state index is 13.7. The molecule has 25 heteroatoms. The first-order chi connectivity index (χ1) is 42.6. The Hall–Kier alpha value is -3.70. The summed E-state index contributed by atoms with van der Waals surface area (Å²) in [6.45, 7) is 22.1. The Labute approximate surface area is 526 Å². The maximum absolute atomic E-state index is 13.7. The number of carbonyl (C=O) groups is 6. The third-order valence-electron chi connectivity index (χ3n) is 23.6. The van der Waals surface area contributed by atoms with E-state index in [2.05, 4.69) is 33.0 Å². The molecule has 15 rings (SSSR count). The molecule has 12 aliphatic heterocycles. The molecule has 6 bridgehead atoms. The Kier molecular flexibility index (Phi) is 18.3. The average molecular weight is 1280 g/mol. The van der Waals surface area contributed by atoms with Gasteiger partial charge >= 0.3 is 35.8 Å². The molecule has 1 N–H and O–H groups in total. The minimum Gasteiger partial charge on any atom is -0.463 e. The summed E-state index contributed by atoms with van der Waals surface area (Å²) >= 11 is 0. The predicted molar refractivity (Wildman–Crippen MR) is 305 cm³/mol. The van der Waals surface area contributed by atoms with E-state index in [1.807, 2.05) is 41.5 Å². The third kappa shape index (κ3) is 11.7. The van der Waals surface area contributed by atoms with Gasteiger partial charge < -0.3 is 62.2 Å². The van der Waals surface area contributed by atoms with Crippen molar-refractivity contribution in [2.45, 2.75) is 282 Å². The van der Waals surface area contributed by atoms with Crippen molar-refractivity contribution < 1.29 is 115 Å². The van der Waals surface area contributed by atoms with Crippen molar-refractivity contribution in [2.24, 2.45) is 70.5 Å². The molecule has 0 aromatic rings. The van der Waals surface area contributed by atoms with Crippen LogP contribution in [0.1, 0.15) is 199 Å². The van der Waals surface area contributed by atoms with Crippen molar-refractivity contribution in [2.75, 3.05) is 19.8 Å². The molecule has 90 heavy (non-hydrogen) atoms. The fourth-order valence-corrected chi connectivity index (χ4v) is 18.2. The molecular weight excluding hydrogens is 1180 g/mol. The highest BCUT2D eigenvalue weighted by Gasteiger charge is 2.76. The van der Waals surface area contributed by atoms with E-state index in [1.165, 1.54) is 0 Å². The second-order valence-corrected chi connectivity index (χ2v) is 30.0. The van der Waals surface area contributed by atoms with Crippen LogP contribution in [0.4, 0.5) is 0 Å². The van der Waals surface area contributed by atoms with Crippen LogP contribution < -0.4 is 5.32 Å². The van der Waals surface area contributed by atoms with E-state index >= 15 is 0 Å². The van der Waals surface area contributed by atoms with Crippen molar-refractivity contribution >= 4 is 35.8 Å². The quantitative estimate of drug-likeness (QED) is 0.0681. The summed E-state index contributed by atoms with van der Waals surface area (Å²) in [5.74, 6) is -7.48. The summed E-state index contributed by atoms with van der Waals surface area (Å²) in [6, 6.07) is -0.382. The number of hydrogen-bond acceptors (Lipinski definition) is 25. The van der Waals surface area contributed by atoms with Crippen LogP contribution in [0.3, 0.4) is 0 Å². The summed E-state index contributed by atoms with van der Waals surface area (Å²) in [5.41, 5.74) is -4.79. The highest BCUT2D eigenvalue weighted by molar-refractivity contribution is 5.79. The van der Waals surface area contributed by atoms with E-state index in [-0.39, 0.29) is 72.6 Å². The lowest BCUT2D eigenvalue weighted by Crippen LogP contribution is -2.74. The first-order valence-electron chi connectivity index (χ1n) is 33.5. The number of ether oxygens (including phenoxy) is 12. The Morgan fingerprint density at radius 2 is 0.811 bits per heavy atom. The molecule has 25 nitrogen and oxygen atoms in total. The lowest BCUT2D eigenvalue weighted by atomic mass is 9.50. The van der Waals surface area contributed by atoms with E-state index < -0.39 is 158 Å². The minimum absolute atomic E-state index is 0.0797. The van der Waals surface area contributed by atoms with Crippen molar-refractivity contribution in [3.63, 3.8) is 0 Å². The van der Waals surface area contributed by atoms with E-state index in [1.54, 1.807) is 13.8 Å². The number of nitrogens with one attached hydrogen (secondary N) is 1. The van der Waals surface area contributed by atoms with E-state index in [0.29, 0.717) is 37.0 Å². The van der Waals surface area contributed by atoms with Crippen LogP contribution in [0.15, 0.2) is 0 Å². The SMILES string of the molecule is CC(C)NC(COC(=O)CCC(=O)O[C@@H]1O[C@@H]2O[C@]3(C)CC[C@H]4[C@H](C)CC[C@@H]([C@H]1C)[C@@]24OO3)(COC(=O)CCC(=O)O[C@@H]1O[C@@H]2O[C@]3(C)CC[C@H]4[C@H](C)CC[C@@H]([C@H]1C)[C@@]24OO3)COC(=O)CCC(=O)O[C@@H]1O[C@@H]2O[C@]3(C)CC[C@H]4[C@H](C)CC[C@@](C)([C@H]1C)[C@@]24OO3. The van der Waals surface area contributed by atoms with E-state index in [9.17, 15) is 28.8 Å². The van der Waals surface area contributed by atoms with Gasteiger partial charge in [0.05, 0.1) is 38.5 Å². The van der Waals surface area contributed by atoms with Crippen LogP contribution in [0.2, 0.25) is 0 Å². The molecule has 3 spiro atoms. The number of esters is 6. The van der Waals surface area contributed by atoms with Gasteiger partial charge in [0.1, 0.15) is 25.4 Å². The molecule has 0 aromatic heterocycles. The molecule has 0 radical (unpaired) electrons. The van der Waals surface area contributed by atoms with Gasteiger partial charge in [-0.1, -0.05) is 62.3 Å². The minimum atomic E-state index is -1.59. The molecule has 3 saturated carbocycles. The lowest BCUT2D eigenvalue weighted by molar-refractivity contribution is -0.586. The second-order valence-electron chi connectivity index (χ2n) is 30.0. The largest absolute Gasteiger partial charge is 0.463 e. The topological polar surface area (TPSA) is 281 Å². The first-order valence-corrected chi connectivity index (χ1v) is 33.5. The Bertz CT molecular complexity index is 2600. The molecule has 12 heterocycles. The maximum Gasteiger partial charge on any atom is 0.308 e. The third-order valence-corrected chi connectivity index (χ3v) is 23.6. The van der Waals surface area contributed by atoms with Crippen LogP contribution in [-0.2, 0) is 115 Å². The van der Waals surface area contributed by atoms with Crippen LogP contribution in [0.5, 0.6) is 0 Å². The van der Waals surface area contributed by atoms with Gasteiger partial charge in [0.25, 0.3) is 0 Å². The summed E-state index contributed by atoms with van der Waals surface area (Å²) in [4.78, 5) is 119. The van der Waals surface area contributed by atoms with E-state index in [0.717, 1.165) is 57.8 Å². The summed E-state index contributed by atoms with van der Waals surface area (Å²) in [7, 11) is 0. The first kappa shape index (κ1) is 66.3. The lowest BCUT2D eigenvalue weighted by Gasteiger charge is -2.65. The monoisotopic (exact) mass is 1280 g/mol. The van der Waals surface area contributed by atoms with Gasteiger partial charge in [-0.2, -0.15) is 0 Å². The van der Waals surface area contributed by atoms with Gasteiger partial charge in [-0.15, -0.1) is 0 Å². The molecule has 3 aliphatic carbocycles. The smallest absolute Gasteiger partial charge is 0.308 e. The molecule has 24 atom stereocenters. The van der Waals surface area contributed by atoms with Crippen molar-refractivity contribution in [1.82, 2.24) is 5.32 Å². The van der Waals surface area contributed by atoms with Gasteiger partial charge in [-0.25, -0.2) is 29.3 Å². The van der Waals surface area contributed by atoms with Gasteiger partial charge in [-0.05, 0) is 114 Å². The number of fused-ring (bicyclic) bond motifs is 6. The molecule has 15 fully saturated rings. The van der Waals surface area contributed by atoms with Gasteiger partial charge in [-0.3, -0.25) is 28.8 Å². The summed E-state index contributed by atoms with van der Waals surface area (Å²) in [6.07, 6.45) is 1.60. The highest BCUT2D eigenvalue weighted by atomic mass is 17.3. The average Bonchev–Trinajstić information content (AvgIpc) is 1.27. The number of hydrogen-bond donors (Lipinski definition) is 1. The fraction of sp³-hybridized carbons (Fsp3) is 0.908.